The first-order valence-corrected chi connectivity index (χ1v) is 2.84. The van der Waals surface area contributed by atoms with E-state index in [0.29, 0.717) is 0 Å². The molecule has 0 saturated heterocycles. The van der Waals surface area contributed by atoms with E-state index in [9.17, 15) is 0 Å². The molecule has 0 bridgehead atoms. The van der Waals surface area contributed by atoms with Gasteiger partial charge in [-0.15, -0.1) is 11.3 Å². The zero-order chi connectivity index (χ0) is 5.28. The minimum atomic E-state index is 0.819. The average Bonchev–Trinajstić information content (AvgIpc) is 1.91. The molecule has 0 spiro atoms. The summed E-state index contributed by atoms with van der Waals surface area (Å²) >= 11 is 1.47. The largest absolute Gasteiger partial charge is 0.251 e. The van der Waals surface area contributed by atoms with Gasteiger partial charge in [-0.1, -0.05) is 0 Å². The quantitative estimate of drug-likeness (QED) is 0.435. The molecule has 1 rings (SSSR count). The summed E-state index contributed by atoms with van der Waals surface area (Å²) in [5, 5.41) is 0. The molecule has 0 fully saturated rings. The summed E-state index contributed by atoms with van der Waals surface area (Å²) in [6.07, 6.45) is 0. The van der Waals surface area contributed by atoms with Gasteiger partial charge in [0.05, 0.1) is 5.51 Å². The summed E-state index contributed by atoms with van der Waals surface area (Å²) in [6, 6.07) is 0. The highest BCUT2D eigenvalue weighted by Gasteiger charge is 1.88. The Morgan fingerprint density at radius 3 is 2.71 bits per heavy atom. The van der Waals surface area contributed by atoms with Gasteiger partial charge in [0.15, 0.2) is 0 Å². The van der Waals surface area contributed by atoms with Crippen LogP contribution in [0.4, 0.5) is 0 Å². The number of hydrogen-bond acceptors (Lipinski definition) is 2. The first kappa shape index (κ1) is 4.84. The third-order valence-electron chi connectivity index (χ3n) is 0.783. The van der Waals surface area contributed by atoms with E-state index in [0.717, 1.165) is 10.5 Å². The number of aromatic nitrogens is 1. The van der Waals surface area contributed by atoms with Crippen LogP contribution >= 0.6 is 11.3 Å². The second kappa shape index (κ2) is 1.66. The third kappa shape index (κ3) is 0.827. The first-order valence-electron chi connectivity index (χ1n) is 1.96. The molecule has 0 aliphatic rings. The van der Waals surface area contributed by atoms with Crippen molar-refractivity contribution in [2.24, 2.45) is 0 Å². The lowest BCUT2D eigenvalue weighted by atomic mass is 10.1. The van der Waals surface area contributed by atoms with Crippen LogP contribution in [0.3, 0.4) is 0 Å². The molecule has 0 aromatic carbocycles. The first-order chi connectivity index (χ1) is 3.30. The van der Waals surface area contributed by atoms with Gasteiger partial charge in [0.2, 0.25) is 0 Å². The maximum Gasteiger partial charge on any atom is 0.131 e. The Morgan fingerprint density at radius 1 is 1.86 bits per heavy atom. The van der Waals surface area contributed by atoms with Crippen LogP contribution in [0.25, 0.3) is 0 Å². The molecule has 0 amide bonds. The summed E-state index contributed by atoms with van der Waals surface area (Å²) in [4.78, 5) is 3.91. The van der Waals surface area contributed by atoms with Crippen molar-refractivity contribution in [3.63, 3.8) is 0 Å². The predicted octanol–water partition coefficient (Wildman–Crippen LogP) is 0.245. The van der Waals surface area contributed by atoms with Gasteiger partial charge in [0.1, 0.15) is 7.85 Å². The van der Waals surface area contributed by atoms with Gasteiger partial charge in [0, 0.05) is 5.69 Å². The molecule has 0 atom stereocenters. The van der Waals surface area contributed by atoms with E-state index < -0.39 is 0 Å². The zero-order valence-corrected chi connectivity index (χ0v) is 4.83. The Kier molecular flexibility index (Phi) is 1.15. The molecule has 3 heteroatoms. The van der Waals surface area contributed by atoms with Gasteiger partial charge in [0.25, 0.3) is 0 Å². The van der Waals surface area contributed by atoms with Crippen LogP contribution in [0.1, 0.15) is 5.69 Å². The van der Waals surface area contributed by atoms with E-state index >= 15 is 0 Å². The van der Waals surface area contributed by atoms with E-state index in [1.54, 1.807) is 5.51 Å². The topological polar surface area (TPSA) is 12.9 Å². The van der Waals surface area contributed by atoms with Crippen molar-refractivity contribution < 1.29 is 0 Å². The highest BCUT2D eigenvalue weighted by molar-refractivity contribution is 7.18. The minimum Gasteiger partial charge on any atom is -0.251 e. The zero-order valence-electron chi connectivity index (χ0n) is 4.01. The molecular formula is C4H4BNS. The van der Waals surface area contributed by atoms with E-state index in [1.165, 1.54) is 11.3 Å². The van der Waals surface area contributed by atoms with Gasteiger partial charge >= 0.3 is 0 Å². The van der Waals surface area contributed by atoms with Crippen molar-refractivity contribution in [1.82, 2.24) is 4.98 Å². The van der Waals surface area contributed by atoms with Crippen LogP contribution in [0, 0.1) is 6.92 Å². The van der Waals surface area contributed by atoms with Crippen molar-refractivity contribution >= 4 is 24.0 Å². The average molecular weight is 109 g/mol. The van der Waals surface area contributed by atoms with Crippen molar-refractivity contribution in [3.8, 4) is 0 Å². The maximum atomic E-state index is 5.40. The molecule has 2 radical (unpaired) electrons. The van der Waals surface area contributed by atoms with E-state index in [4.69, 9.17) is 7.85 Å². The standard InChI is InChI=1S/C4H4BNS/c1-3-4(5)7-2-6-3/h2H,1H3. The van der Waals surface area contributed by atoms with E-state index in [2.05, 4.69) is 4.98 Å². The Bertz CT molecular complexity index is 144. The van der Waals surface area contributed by atoms with Gasteiger partial charge in [-0.2, -0.15) is 0 Å². The monoisotopic (exact) mass is 109 g/mol. The normalized spacial score (nSPS) is 9.29. The van der Waals surface area contributed by atoms with Crippen molar-refractivity contribution in [3.05, 3.63) is 11.2 Å². The molecule has 1 heterocycles. The fraction of sp³-hybridized carbons (Fsp3) is 0.250. The number of nitrogens with zero attached hydrogens (tertiary/aromatic N) is 1. The van der Waals surface area contributed by atoms with E-state index in [1.807, 2.05) is 6.92 Å². The molecule has 0 aliphatic carbocycles. The third-order valence-corrected chi connectivity index (χ3v) is 1.54. The molecule has 0 aliphatic heterocycles. The Hall–Kier alpha value is -0.305. The van der Waals surface area contributed by atoms with Crippen LogP contribution in [-0.4, -0.2) is 12.8 Å². The minimum absolute atomic E-state index is 0.819. The predicted molar refractivity (Wildman–Crippen MR) is 32.2 cm³/mol. The molecule has 0 saturated carbocycles. The van der Waals surface area contributed by atoms with Gasteiger partial charge in [-0.3, -0.25) is 4.98 Å². The number of thiazole rings is 1. The lowest BCUT2D eigenvalue weighted by Crippen LogP contribution is -1.97. The molecule has 34 valence electrons. The molecule has 1 aromatic rings. The maximum absolute atomic E-state index is 5.40. The highest BCUT2D eigenvalue weighted by Crippen LogP contribution is 1.90. The second-order valence-electron chi connectivity index (χ2n) is 1.30. The summed E-state index contributed by atoms with van der Waals surface area (Å²) in [7, 11) is 5.40. The number of aryl methyl sites for hydroxylation is 1. The molecule has 0 N–H and O–H groups in total. The fourth-order valence-electron chi connectivity index (χ4n) is 0.311. The molecular weight excluding hydrogens is 105 g/mol. The van der Waals surface area contributed by atoms with Crippen molar-refractivity contribution in [2.75, 3.05) is 0 Å². The molecule has 1 nitrogen and oxygen atoms in total. The van der Waals surface area contributed by atoms with Crippen molar-refractivity contribution in [1.29, 1.82) is 0 Å². The Morgan fingerprint density at radius 2 is 2.57 bits per heavy atom. The smallest absolute Gasteiger partial charge is 0.131 e. The SMILES string of the molecule is [B]c1scnc1C. The highest BCUT2D eigenvalue weighted by atomic mass is 32.1. The van der Waals surface area contributed by atoms with Crippen LogP contribution < -0.4 is 4.78 Å². The lowest BCUT2D eigenvalue weighted by molar-refractivity contribution is 1.28. The van der Waals surface area contributed by atoms with Crippen LogP contribution in [0.5, 0.6) is 0 Å². The molecule has 0 unspecified atom stereocenters. The molecule has 7 heavy (non-hydrogen) atoms. The Labute approximate surface area is 47.8 Å². The Balaban J connectivity index is 3.12. The van der Waals surface area contributed by atoms with Gasteiger partial charge < -0.3 is 0 Å². The number of hydrogen-bond donors (Lipinski definition) is 0. The molecule has 1 aromatic heterocycles. The van der Waals surface area contributed by atoms with Crippen molar-refractivity contribution in [2.45, 2.75) is 6.92 Å². The fourth-order valence-corrected chi connectivity index (χ4v) is 0.859. The van der Waals surface area contributed by atoms with Crippen LogP contribution in [0.2, 0.25) is 0 Å². The summed E-state index contributed by atoms with van der Waals surface area (Å²) in [5.74, 6) is 0. The second-order valence-corrected chi connectivity index (χ2v) is 2.19. The van der Waals surface area contributed by atoms with Gasteiger partial charge in [-0.05, 0) is 11.7 Å². The summed E-state index contributed by atoms with van der Waals surface area (Å²) in [5.41, 5.74) is 2.68. The van der Waals surface area contributed by atoms with Crippen LogP contribution in [0.15, 0.2) is 5.51 Å². The summed E-state index contributed by atoms with van der Waals surface area (Å²) < 4.78 is 0.819. The van der Waals surface area contributed by atoms with Gasteiger partial charge in [-0.25, -0.2) is 0 Å². The lowest BCUT2D eigenvalue weighted by Gasteiger charge is -1.78. The van der Waals surface area contributed by atoms with Crippen LogP contribution in [-0.2, 0) is 0 Å². The number of rotatable bonds is 0. The summed E-state index contributed by atoms with van der Waals surface area (Å²) in [6.45, 7) is 1.89. The van der Waals surface area contributed by atoms with E-state index in [-0.39, 0.29) is 0 Å².